The summed E-state index contributed by atoms with van der Waals surface area (Å²) in [5.41, 5.74) is 3.40. The average molecular weight is 539 g/mol. The maximum absolute atomic E-state index is 10.5. The van der Waals surface area contributed by atoms with Gasteiger partial charge in [0.2, 0.25) is 0 Å². The van der Waals surface area contributed by atoms with Crippen LogP contribution in [0.1, 0.15) is 43.6 Å². The molecule has 1 aliphatic heterocycles. The Kier molecular flexibility index (Phi) is 10.4. The zero-order valence-corrected chi connectivity index (χ0v) is 20.9. The Labute approximate surface area is 202 Å². The molecule has 0 bridgehead atoms. The summed E-state index contributed by atoms with van der Waals surface area (Å²) < 4.78 is 11.2. The largest absolute Gasteiger partial charge is 0.493 e. The third kappa shape index (κ3) is 7.88. The van der Waals surface area contributed by atoms with Crippen molar-refractivity contribution in [2.75, 3.05) is 26.2 Å². The van der Waals surface area contributed by atoms with Crippen LogP contribution in [0, 0.1) is 0 Å². The van der Waals surface area contributed by atoms with E-state index in [0.717, 1.165) is 49.6 Å². The van der Waals surface area contributed by atoms with Gasteiger partial charge in [0.15, 0.2) is 5.96 Å². The number of aliphatic hydroxyl groups excluding tert-OH is 1. The molecule has 1 heterocycles. The van der Waals surface area contributed by atoms with Crippen LogP contribution in [0.25, 0.3) is 0 Å². The SMILES string of the molecule is CCNC(=NCC(O)c1ccc(OC(C)C)cc1)NCCc1ccc2c(c1)CCO2.I. The maximum Gasteiger partial charge on any atom is 0.191 e. The van der Waals surface area contributed by atoms with Gasteiger partial charge in [0.1, 0.15) is 11.5 Å². The van der Waals surface area contributed by atoms with Gasteiger partial charge in [-0.2, -0.15) is 0 Å². The first-order valence-corrected chi connectivity index (χ1v) is 10.8. The molecule has 31 heavy (non-hydrogen) atoms. The van der Waals surface area contributed by atoms with Crippen molar-refractivity contribution in [2.24, 2.45) is 4.99 Å². The lowest BCUT2D eigenvalue weighted by atomic mass is 10.1. The van der Waals surface area contributed by atoms with Gasteiger partial charge in [-0.25, -0.2) is 0 Å². The van der Waals surface area contributed by atoms with Gasteiger partial charge in [-0.3, -0.25) is 4.99 Å². The van der Waals surface area contributed by atoms with Gasteiger partial charge in [-0.1, -0.05) is 24.3 Å². The highest BCUT2D eigenvalue weighted by Crippen LogP contribution is 2.25. The normalized spacial score (nSPS) is 13.8. The maximum atomic E-state index is 10.5. The fourth-order valence-electron chi connectivity index (χ4n) is 3.39. The third-order valence-electron chi connectivity index (χ3n) is 4.86. The molecule has 3 N–H and O–H groups in total. The number of halogens is 1. The average Bonchev–Trinajstić information content (AvgIpc) is 3.20. The van der Waals surface area contributed by atoms with E-state index in [4.69, 9.17) is 9.47 Å². The number of ether oxygens (including phenoxy) is 2. The minimum Gasteiger partial charge on any atom is -0.493 e. The first-order valence-electron chi connectivity index (χ1n) is 10.8. The van der Waals surface area contributed by atoms with E-state index >= 15 is 0 Å². The smallest absolute Gasteiger partial charge is 0.191 e. The molecule has 1 atom stereocenters. The van der Waals surface area contributed by atoms with Crippen molar-refractivity contribution < 1.29 is 14.6 Å². The molecule has 0 radical (unpaired) electrons. The van der Waals surface area contributed by atoms with Crippen LogP contribution in [-0.4, -0.2) is 43.4 Å². The Hall–Kier alpha value is -2.00. The zero-order valence-electron chi connectivity index (χ0n) is 18.6. The molecule has 0 aliphatic carbocycles. The summed E-state index contributed by atoms with van der Waals surface area (Å²) in [5.74, 6) is 2.53. The standard InChI is InChI=1S/C24H33N3O3.HI/c1-4-25-24(26-13-11-18-5-10-23-20(15-18)12-14-29-23)27-16-22(28)19-6-8-21(9-7-19)30-17(2)3;/h5-10,15,17,22,28H,4,11-14,16H2,1-3H3,(H2,25,26,27);1H. The fraction of sp³-hybridized carbons (Fsp3) is 0.458. The van der Waals surface area contributed by atoms with E-state index in [1.807, 2.05) is 45.0 Å². The van der Waals surface area contributed by atoms with Crippen molar-refractivity contribution in [1.29, 1.82) is 0 Å². The lowest BCUT2D eigenvalue weighted by molar-refractivity contribution is 0.186. The summed E-state index contributed by atoms with van der Waals surface area (Å²) in [6.07, 6.45) is 1.36. The molecule has 3 rings (SSSR count). The molecule has 170 valence electrons. The quantitative estimate of drug-likeness (QED) is 0.257. The van der Waals surface area contributed by atoms with E-state index in [9.17, 15) is 5.11 Å². The fourth-order valence-corrected chi connectivity index (χ4v) is 3.39. The van der Waals surface area contributed by atoms with Gasteiger partial charge in [0, 0.05) is 19.5 Å². The molecule has 0 amide bonds. The minimum atomic E-state index is -0.662. The van der Waals surface area contributed by atoms with Crippen LogP contribution in [0.3, 0.4) is 0 Å². The highest BCUT2D eigenvalue weighted by atomic mass is 127. The summed E-state index contributed by atoms with van der Waals surface area (Å²) in [5, 5.41) is 17.1. The number of aliphatic hydroxyl groups is 1. The van der Waals surface area contributed by atoms with Gasteiger partial charge in [-0.15, -0.1) is 24.0 Å². The highest BCUT2D eigenvalue weighted by Gasteiger charge is 2.12. The number of benzene rings is 2. The Balaban J connectivity index is 0.00000341. The second-order valence-electron chi connectivity index (χ2n) is 7.69. The van der Waals surface area contributed by atoms with Crippen molar-refractivity contribution in [3.63, 3.8) is 0 Å². The Morgan fingerprint density at radius 2 is 1.94 bits per heavy atom. The number of guanidine groups is 1. The monoisotopic (exact) mass is 539 g/mol. The molecule has 0 saturated heterocycles. The molecular weight excluding hydrogens is 505 g/mol. The number of aliphatic imine (C=N–C) groups is 1. The van der Waals surface area contributed by atoms with Crippen LogP contribution in [0.4, 0.5) is 0 Å². The van der Waals surface area contributed by atoms with Crippen LogP contribution >= 0.6 is 24.0 Å². The predicted molar refractivity (Wildman–Crippen MR) is 136 cm³/mol. The minimum absolute atomic E-state index is 0. The molecule has 0 aromatic heterocycles. The second kappa shape index (κ2) is 12.8. The first-order chi connectivity index (χ1) is 14.5. The molecule has 0 fully saturated rings. The number of rotatable bonds is 9. The molecule has 1 unspecified atom stereocenters. The summed E-state index contributed by atoms with van der Waals surface area (Å²) >= 11 is 0. The molecule has 0 saturated carbocycles. The summed E-state index contributed by atoms with van der Waals surface area (Å²) in [7, 11) is 0. The molecule has 0 spiro atoms. The molecule has 1 aliphatic rings. The summed E-state index contributed by atoms with van der Waals surface area (Å²) in [6, 6.07) is 13.9. The van der Waals surface area contributed by atoms with Crippen molar-refractivity contribution in [2.45, 2.75) is 45.8 Å². The lowest BCUT2D eigenvalue weighted by Gasteiger charge is -2.14. The van der Waals surface area contributed by atoms with Crippen LogP contribution in [0.5, 0.6) is 11.5 Å². The van der Waals surface area contributed by atoms with Gasteiger partial charge in [0.05, 0.1) is 25.4 Å². The zero-order chi connectivity index (χ0) is 21.3. The van der Waals surface area contributed by atoms with Crippen LogP contribution in [-0.2, 0) is 12.8 Å². The topological polar surface area (TPSA) is 75.1 Å². The lowest BCUT2D eigenvalue weighted by Crippen LogP contribution is -2.38. The number of fused-ring (bicyclic) bond motifs is 1. The highest BCUT2D eigenvalue weighted by molar-refractivity contribution is 14.0. The van der Waals surface area contributed by atoms with Crippen LogP contribution in [0.2, 0.25) is 0 Å². The van der Waals surface area contributed by atoms with E-state index in [1.165, 1.54) is 11.1 Å². The van der Waals surface area contributed by atoms with Gasteiger partial charge < -0.3 is 25.2 Å². The van der Waals surface area contributed by atoms with Crippen LogP contribution < -0.4 is 20.1 Å². The third-order valence-corrected chi connectivity index (χ3v) is 4.86. The molecular formula is C24H34IN3O3. The molecule has 2 aromatic rings. The summed E-state index contributed by atoms with van der Waals surface area (Å²) in [4.78, 5) is 4.54. The number of hydrogen-bond donors (Lipinski definition) is 3. The molecule has 7 heteroatoms. The van der Waals surface area contributed by atoms with Crippen molar-refractivity contribution in [3.05, 3.63) is 59.2 Å². The summed E-state index contributed by atoms with van der Waals surface area (Å²) in [6.45, 7) is 8.61. The first kappa shape index (κ1) is 25.3. The Morgan fingerprint density at radius 3 is 2.65 bits per heavy atom. The Bertz CT molecular complexity index is 840. The Morgan fingerprint density at radius 1 is 1.16 bits per heavy atom. The van der Waals surface area contributed by atoms with Gasteiger partial charge >= 0.3 is 0 Å². The number of hydrogen-bond acceptors (Lipinski definition) is 4. The number of nitrogens with zero attached hydrogens (tertiary/aromatic N) is 1. The van der Waals surface area contributed by atoms with Gasteiger partial charge in [0.25, 0.3) is 0 Å². The van der Waals surface area contributed by atoms with Crippen molar-refractivity contribution >= 4 is 29.9 Å². The van der Waals surface area contributed by atoms with Crippen molar-refractivity contribution in [3.8, 4) is 11.5 Å². The van der Waals surface area contributed by atoms with Crippen molar-refractivity contribution in [1.82, 2.24) is 10.6 Å². The van der Waals surface area contributed by atoms with E-state index in [2.05, 4.69) is 33.8 Å². The second-order valence-corrected chi connectivity index (χ2v) is 7.69. The molecule has 2 aromatic carbocycles. The van der Waals surface area contributed by atoms with E-state index in [0.29, 0.717) is 5.96 Å². The predicted octanol–water partition coefficient (Wildman–Crippen LogP) is 3.86. The van der Waals surface area contributed by atoms with E-state index in [1.54, 1.807) is 0 Å². The van der Waals surface area contributed by atoms with E-state index in [-0.39, 0.29) is 36.6 Å². The van der Waals surface area contributed by atoms with Gasteiger partial charge in [-0.05, 0) is 62.1 Å². The number of nitrogens with one attached hydrogen (secondary N) is 2. The molecule has 6 nitrogen and oxygen atoms in total. The van der Waals surface area contributed by atoms with E-state index < -0.39 is 6.10 Å². The van der Waals surface area contributed by atoms with Crippen LogP contribution in [0.15, 0.2) is 47.5 Å².